The van der Waals surface area contributed by atoms with Crippen molar-refractivity contribution in [2.75, 3.05) is 20.2 Å². The SMILES string of the molecule is COc1cccc(CNC(=O)c2cc(C(=O)NCc3ccc(C(=O)N4CCCCC4)cc3)ncn2)c1. The number of amides is 3. The van der Waals surface area contributed by atoms with Crippen molar-refractivity contribution in [3.63, 3.8) is 0 Å². The third kappa shape index (κ3) is 6.44. The number of ether oxygens (including phenoxy) is 1. The molecule has 3 aromatic rings. The number of piperidine rings is 1. The summed E-state index contributed by atoms with van der Waals surface area (Å²) in [5, 5.41) is 5.57. The number of methoxy groups -OCH3 is 1. The number of likely N-dealkylation sites (tertiary alicyclic amines) is 1. The zero-order valence-electron chi connectivity index (χ0n) is 20.2. The number of nitrogens with one attached hydrogen (secondary N) is 2. The number of hydrogen-bond donors (Lipinski definition) is 2. The summed E-state index contributed by atoms with van der Waals surface area (Å²) < 4.78 is 5.19. The molecule has 4 rings (SSSR count). The van der Waals surface area contributed by atoms with Gasteiger partial charge in [-0.2, -0.15) is 0 Å². The molecule has 186 valence electrons. The van der Waals surface area contributed by atoms with Crippen molar-refractivity contribution in [3.8, 4) is 5.75 Å². The third-order valence-electron chi connectivity index (χ3n) is 6.02. The number of aromatic nitrogens is 2. The second-order valence-electron chi connectivity index (χ2n) is 8.56. The molecule has 3 amide bonds. The van der Waals surface area contributed by atoms with Gasteiger partial charge in [-0.1, -0.05) is 24.3 Å². The first-order valence-corrected chi connectivity index (χ1v) is 11.9. The van der Waals surface area contributed by atoms with Gasteiger partial charge in [0.2, 0.25) is 0 Å². The van der Waals surface area contributed by atoms with Crippen LogP contribution in [0.4, 0.5) is 0 Å². The molecule has 0 atom stereocenters. The first kappa shape index (κ1) is 24.8. The lowest BCUT2D eigenvalue weighted by Gasteiger charge is -2.26. The maximum absolute atomic E-state index is 12.6. The Bertz CT molecular complexity index is 1220. The Hall–Kier alpha value is -4.27. The predicted molar refractivity (Wildman–Crippen MR) is 134 cm³/mol. The molecule has 0 aliphatic carbocycles. The number of rotatable bonds is 8. The maximum atomic E-state index is 12.6. The van der Waals surface area contributed by atoms with Crippen molar-refractivity contribution < 1.29 is 19.1 Å². The van der Waals surface area contributed by atoms with Crippen LogP contribution in [0.5, 0.6) is 5.75 Å². The fourth-order valence-corrected chi connectivity index (χ4v) is 3.98. The standard InChI is InChI=1S/C27H29N5O4/c1-36-22-7-5-6-20(14-22)17-29-26(34)24-15-23(30-18-31-24)25(33)28-16-19-8-10-21(11-9-19)27(35)32-12-3-2-4-13-32/h5-11,14-15,18H,2-4,12-13,16-17H2,1H3,(H,28,33)(H,29,34). The molecule has 2 aromatic carbocycles. The Labute approximate surface area is 209 Å². The molecule has 2 heterocycles. The number of carbonyl (C=O) groups excluding carboxylic acids is 3. The van der Waals surface area contributed by atoms with E-state index in [0.29, 0.717) is 11.3 Å². The number of nitrogens with zero attached hydrogens (tertiary/aromatic N) is 3. The molecule has 1 aliphatic heterocycles. The van der Waals surface area contributed by atoms with Crippen molar-refractivity contribution >= 4 is 17.7 Å². The second kappa shape index (κ2) is 11.9. The van der Waals surface area contributed by atoms with Crippen LogP contribution in [-0.4, -0.2) is 52.8 Å². The van der Waals surface area contributed by atoms with Crippen molar-refractivity contribution in [2.24, 2.45) is 0 Å². The van der Waals surface area contributed by atoms with E-state index in [1.54, 1.807) is 19.2 Å². The highest BCUT2D eigenvalue weighted by atomic mass is 16.5. The second-order valence-corrected chi connectivity index (χ2v) is 8.56. The molecule has 0 unspecified atom stereocenters. The fraction of sp³-hybridized carbons (Fsp3) is 0.296. The summed E-state index contributed by atoms with van der Waals surface area (Å²) in [7, 11) is 1.58. The molecule has 0 saturated carbocycles. The van der Waals surface area contributed by atoms with Gasteiger partial charge in [-0.05, 0) is 54.7 Å². The lowest BCUT2D eigenvalue weighted by molar-refractivity contribution is 0.0723. The van der Waals surface area contributed by atoms with Crippen LogP contribution in [0.15, 0.2) is 60.9 Å². The fourth-order valence-electron chi connectivity index (χ4n) is 3.98. The Morgan fingerprint density at radius 3 is 2.11 bits per heavy atom. The molecule has 0 spiro atoms. The predicted octanol–water partition coefficient (Wildman–Crippen LogP) is 2.97. The monoisotopic (exact) mass is 487 g/mol. The van der Waals surface area contributed by atoms with Gasteiger partial charge in [0, 0.05) is 37.8 Å². The minimum Gasteiger partial charge on any atom is -0.497 e. The molecule has 1 aromatic heterocycles. The molecule has 1 aliphatic rings. The normalized spacial score (nSPS) is 13.1. The average molecular weight is 488 g/mol. The number of carbonyl (C=O) groups is 3. The lowest BCUT2D eigenvalue weighted by atomic mass is 10.1. The van der Waals surface area contributed by atoms with E-state index in [2.05, 4.69) is 20.6 Å². The largest absolute Gasteiger partial charge is 0.497 e. The van der Waals surface area contributed by atoms with Crippen LogP contribution in [0.25, 0.3) is 0 Å². The van der Waals surface area contributed by atoms with E-state index in [9.17, 15) is 14.4 Å². The minimum atomic E-state index is -0.423. The molecule has 36 heavy (non-hydrogen) atoms. The van der Waals surface area contributed by atoms with Crippen LogP contribution in [-0.2, 0) is 13.1 Å². The zero-order chi connectivity index (χ0) is 25.3. The van der Waals surface area contributed by atoms with E-state index in [4.69, 9.17) is 4.74 Å². The summed E-state index contributed by atoms with van der Waals surface area (Å²) in [6.07, 6.45) is 4.45. The molecular formula is C27H29N5O4. The summed E-state index contributed by atoms with van der Waals surface area (Å²) in [4.78, 5) is 47.6. The first-order chi connectivity index (χ1) is 17.5. The van der Waals surface area contributed by atoms with Crippen LogP contribution >= 0.6 is 0 Å². The van der Waals surface area contributed by atoms with Crippen LogP contribution in [0, 0.1) is 0 Å². The van der Waals surface area contributed by atoms with Gasteiger partial charge in [0.1, 0.15) is 23.5 Å². The smallest absolute Gasteiger partial charge is 0.270 e. The van der Waals surface area contributed by atoms with Crippen LogP contribution < -0.4 is 15.4 Å². The van der Waals surface area contributed by atoms with Crippen LogP contribution in [0.2, 0.25) is 0 Å². The Morgan fingerprint density at radius 2 is 1.47 bits per heavy atom. The number of hydrogen-bond acceptors (Lipinski definition) is 6. The van der Waals surface area contributed by atoms with Gasteiger partial charge in [0.05, 0.1) is 7.11 Å². The quantitative estimate of drug-likeness (QED) is 0.505. The van der Waals surface area contributed by atoms with E-state index >= 15 is 0 Å². The van der Waals surface area contributed by atoms with E-state index < -0.39 is 11.8 Å². The van der Waals surface area contributed by atoms with Crippen LogP contribution in [0.1, 0.15) is 61.7 Å². The Balaban J connectivity index is 1.30. The van der Waals surface area contributed by atoms with Crippen molar-refractivity contribution in [2.45, 2.75) is 32.4 Å². The minimum absolute atomic E-state index is 0.0449. The molecule has 9 nitrogen and oxygen atoms in total. The van der Waals surface area contributed by atoms with Gasteiger partial charge < -0.3 is 20.3 Å². The zero-order valence-corrected chi connectivity index (χ0v) is 20.2. The lowest BCUT2D eigenvalue weighted by Crippen LogP contribution is -2.35. The molecule has 1 saturated heterocycles. The topological polar surface area (TPSA) is 114 Å². The Kier molecular flexibility index (Phi) is 8.23. The van der Waals surface area contributed by atoms with E-state index in [1.165, 1.54) is 18.8 Å². The summed E-state index contributed by atoms with van der Waals surface area (Å²) in [6.45, 7) is 2.16. The van der Waals surface area contributed by atoms with Gasteiger partial charge in [0.25, 0.3) is 17.7 Å². The summed E-state index contributed by atoms with van der Waals surface area (Å²) >= 11 is 0. The summed E-state index contributed by atoms with van der Waals surface area (Å²) in [5.41, 5.74) is 2.56. The summed E-state index contributed by atoms with van der Waals surface area (Å²) in [5.74, 6) is -0.0922. The third-order valence-corrected chi connectivity index (χ3v) is 6.02. The number of benzene rings is 2. The molecule has 9 heteroatoms. The Morgan fingerprint density at radius 1 is 0.833 bits per heavy atom. The van der Waals surface area contributed by atoms with Gasteiger partial charge in [-0.25, -0.2) is 9.97 Å². The van der Waals surface area contributed by atoms with Gasteiger partial charge in [-0.3, -0.25) is 14.4 Å². The van der Waals surface area contributed by atoms with E-state index in [-0.39, 0.29) is 30.4 Å². The van der Waals surface area contributed by atoms with Gasteiger partial charge >= 0.3 is 0 Å². The van der Waals surface area contributed by atoms with E-state index in [1.807, 2.05) is 41.3 Å². The van der Waals surface area contributed by atoms with Crippen molar-refractivity contribution in [1.29, 1.82) is 0 Å². The summed E-state index contributed by atoms with van der Waals surface area (Å²) in [6, 6.07) is 16.0. The van der Waals surface area contributed by atoms with E-state index in [0.717, 1.165) is 37.1 Å². The highest BCUT2D eigenvalue weighted by Crippen LogP contribution is 2.14. The molecule has 0 radical (unpaired) electrons. The average Bonchev–Trinajstić information content (AvgIpc) is 2.95. The molecule has 2 N–H and O–H groups in total. The van der Waals surface area contributed by atoms with Crippen LogP contribution in [0.3, 0.4) is 0 Å². The molecule has 1 fully saturated rings. The van der Waals surface area contributed by atoms with Gasteiger partial charge in [-0.15, -0.1) is 0 Å². The maximum Gasteiger partial charge on any atom is 0.270 e. The first-order valence-electron chi connectivity index (χ1n) is 11.9. The molecular weight excluding hydrogens is 458 g/mol. The van der Waals surface area contributed by atoms with Crippen molar-refractivity contribution in [3.05, 3.63) is 89.0 Å². The highest BCUT2D eigenvalue weighted by molar-refractivity contribution is 5.97. The molecule has 0 bridgehead atoms. The highest BCUT2D eigenvalue weighted by Gasteiger charge is 2.18. The van der Waals surface area contributed by atoms with Gasteiger partial charge in [0.15, 0.2) is 0 Å². The van der Waals surface area contributed by atoms with Crippen molar-refractivity contribution in [1.82, 2.24) is 25.5 Å².